The van der Waals surface area contributed by atoms with E-state index in [9.17, 15) is 14.4 Å². The lowest BCUT2D eigenvalue weighted by Gasteiger charge is -2.19. The number of fused-ring (bicyclic) bond motifs is 3. The van der Waals surface area contributed by atoms with Crippen LogP contribution in [-0.4, -0.2) is 48.3 Å². The molecule has 37 heavy (non-hydrogen) atoms. The Bertz CT molecular complexity index is 1190. The van der Waals surface area contributed by atoms with E-state index < -0.39 is 18.0 Å². The maximum atomic E-state index is 12.8. The van der Waals surface area contributed by atoms with Crippen molar-refractivity contribution < 1.29 is 19.1 Å². The molecule has 0 aliphatic heterocycles. The monoisotopic (exact) mass is 534 g/mol. The molecular formula is C29H30N2O4S2. The van der Waals surface area contributed by atoms with Gasteiger partial charge in [-0.3, -0.25) is 9.59 Å². The molecule has 0 heterocycles. The number of alkyl carbamates (subject to hydrolysis) is 1. The Morgan fingerprint density at radius 1 is 0.892 bits per heavy atom. The second kappa shape index (κ2) is 13.4. The van der Waals surface area contributed by atoms with Gasteiger partial charge in [0, 0.05) is 11.7 Å². The van der Waals surface area contributed by atoms with Crippen molar-refractivity contribution in [2.45, 2.75) is 24.1 Å². The number of carbonyl (C=O) groups excluding carboxylic acids is 3. The summed E-state index contributed by atoms with van der Waals surface area (Å²) in [5, 5.41) is 5.23. The summed E-state index contributed by atoms with van der Waals surface area (Å²) in [7, 11) is 0. The minimum absolute atomic E-state index is 0.0594. The Morgan fingerprint density at radius 3 is 2.16 bits per heavy atom. The molecule has 6 nitrogen and oxygen atoms in total. The molecule has 2 N–H and O–H groups in total. The first-order chi connectivity index (χ1) is 18.1. The lowest BCUT2D eigenvalue weighted by Crippen LogP contribution is -2.48. The van der Waals surface area contributed by atoms with Gasteiger partial charge in [0.25, 0.3) is 0 Å². The van der Waals surface area contributed by atoms with Gasteiger partial charge in [0.2, 0.25) is 11.0 Å². The Hall–Kier alpha value is -3.23. The maximum Gasteiger partial charge on any atom is 0.407 e. The van der Waals surface area contributed by atoms with Crippen LogP contribution in [0.2, 0.25) is 0 Å². The molecule has 0 spiro atoms. The van der Waals surface area contributed by atoms with E-state index in [1.54, 1.807) is 11.8 Å². The summed E-state index contributed by atoms with van der Waals surface area (Å²) in [6.07, 6.45) is 1.72. The summed E-state index contributed by atoms with van der Waals surface area (Å²) < 4.78 is 5.61. The van der Waals surface area contributed by atoms with Gasteiger partial charge in [-0.1, -0.05) is 90.6 Å². The summed E-state index contributed by atoms with van der Waals surface area (Å²) >= 11 is 2.74. The maximum absolute atomic E-state index is 12.8. The third-order valence-electron chi connectivity index (χ3n) is 6.21. The van der Waals surface area contributed by atoms with E-state index in [0.29, 0.717) is 17.9 Å². The molecule has 0 radical (unpaired) electrons. The molecule has 0 unspecified atom stereocenters. The van der Waals surface area contributed by atoms with Crippen molar-refractivity contribution >= 4 is 40.6 Å². The fourth-order valence-corrected chi connectivity index (χ4v) is 5.52. The lowest BCUT2D eigenvalue weighted by atomic mass is 9.98. The van der Waals surface area contributed by atoms with Crippen molar-refractivity contribution in [3.8, 4) is 11.1 Å². The molecule has 192 valence electrons. The van der Waals surface area contributed by atoms with Gasteiger partial charge in [-0.25, -0.2) is 4.79 Å². The van der Waals surface area contributed by atoms with Crippen LogP contribution in [0.15, 0.2) is 78.9 Å². The minimum atomic E-state index is -0.782. The van der Waals surface area contributed by atoms with Crippen molar-refractivity contribution in [3.05, 3.63) is 95.6 Å². The van der Waals surface area contributed by atoms with Crippen LogP contribution in [-0.2, 0) is 20.1 Å². The highest BCUT2D eigenvalue weighted by Gasteiger charge is 2.29. The molecular weight excluding hydrogens is 504 g/mol. The number of amides is 2. The van der Waals surface area contributed by atoms with Gasteiger partial charge in [0.1, 0.15) is 12.6 Å². The molecule has 2 amide bonds. The van der Waals surface area contributed by atoms with Gasteiger partial charge in [0.05, 0.1) is 6.54 Å². The molecule has 0 saturated heterocycles. The molecule has 8 heteroatoms. The van der Waals surface area contributed by atoms with Crippen molar-refractivity contribution in [1.29, 1.82) is 0 Å². The molecule has 4 rings (SSSR count). The summed E-state index contributed by atoms with van der Waals surface area (Å²) in [5.74, 6) is 0.772. The highest BCUT2D eigenvalue weighted by Crippen LogP contribution is 2.44. The number of hydrogen-bond acceptors (Lipinski definition) is 6. The average molecular weight is 535 g/mol. The molecule has 3 aromatic carbocycles. The van der Waals surface area contributed by atoms with Crippen LogP contribution < -0.4 is 10.6 Å². The Morgan fingerprint density at radius 2 is 1.51 bits per heavy atom. The SMILES string of the molecule is CSCC[C@H](NC(=O)OCC1c2ccccc2-c2ccccc21)C(=O)NCC(=O)SCc1ccccc1. The van der Waals surface area contributed by atoms with Gasteiger partial charge in [-0.05, 0) is 46.2 Å². The summed E-state index contributed by atoms with van der Waals surface area (Å²) in [4.78, 5) is 37.8. The minimum Gasteiger partial charge on any atom is -0.449 e. The quantitative estimate of drug-likeness (QED) is 0.351. The molecule has 3 aromatic rings. The molecule has 1 aliphatic carbocycles. The van der Waals surface area contributed by atoms with E-state index in [2.05, 4.69) is 34.9 Å². The largest absolute Gasteiger partial charge is 0.449 e. The number of thioether (sulfide) groups is 2. The van der Waals surface area contributed by atoms with Gasteiger partial charge >= 0.3 is 6.09 Å². The smallest absolute Gasteiger partial charge is 0.407 e. The van der Waals surface area contributed by atoms with Gasteiger partial charge in [0.15, 0.2) is 0 Å². The summed E-state index contributed by atoms with van der Waals surface area (Å²) in [6.45, 7) is 0.0732. The molecule has 0 saturated carbocycles. The zero-order valence-electron chi connectivity index (χ0n) is 20.6. The van der Waals surface area contributed by atoms with Gasteiger partial charge in [-0.15, -0.1) is 0 Å². The normalized spacial score (nSPS) is 12.8. The number of carbonyl (C=O) groups is 3. The van der Waals surface area contributed by atoms with E-state index in [1.807, 2.05) is 60.9 Å². The second-order valence-corrected chi connectivity index (χ2v) is 10.7. The first-order valence-corrected chi connectivity index (χ1v) is 14.5. The molecule has 0 bridgehead atoms. The van der Waals surface area contributed by atoms with Crippen molar-refractivity contribution in [1.82, 2.24) is 10.6 Å². The van der Waals surface area contributed by atoms with E-state index in [0.717, 1.165) is 39.6 Å². The number of rotatable bonds is 11. The van der Waals surface area contributed by atoms with Crippen LogP contribution in [0.3, 0.4) is 0 Å². The molecule has 0 aromatic heterocycles. The molecule has 0 fully saturated rings. The van der Waals surface area contributed by atoms with Crippen LogP contribution in [0.1, 0.15) is 29.0 Å². The third kappa shape index (κ3) is 7.17. The highest BCUT2D eigenvalue weighted by atomic mass is 32.2. The van der Waals surface area contributed by atoms with E-state index in [-0.39, 0.29) is 24.2 Å². The second-order valence-electron chi connectivity index (χ2n) is 8.67. The van der Waals surface area contributed by atoms with Crippen LogP contribution in [0.4, 0.5) is 4.79 Å². The summed E-state index contributed by atoms with van der Waals surface area (Å²) in [6, 6.07) is 25.2. The van der Waals surface area contributed by atoms with E-state index >= 15 is 0 Å². The van der Waals surface area contributed by atoms with Gasteiger partial charge < -0.3 is 15.4 Å². The predicted molar refractivity (Wildman–Crippen MR) is 151 cm³/mol. The standard InChI is InChI=1S/C29H30N2O4S2/c1-36-16-15-26(28(33)30-17-27(32)37-19-20-9-3-2-4-10-20)31-29(34)35-18-25-23-13-7-5-11-21(23)22-12-6-8-14-24(22)25/h2-14,25-26H,15-19H2,1H3,(H,30,33)(H,31,34)/t26-/m0/s1. The fraction of sp³-hybridized carbons (Fsp3) is 0.276. The van der Waals surface area contributed by atoms with Crippen LogP contribution in [0.25, 0.3) is 11.1 Å². The van der Waals surface area contributed by atoms with Gasteiger partial charge in [-0.2, -0.15) is 11.8 Å². The third-order valence-corrected chi connectivity index (χ3v) is 7.80. The first-order valence-electron chi connectivity index (χ1n) is 12.1. The fourth-order valence-electron chi connectivity index (χ4n) is 4.36. The summed E-state index contributed by atoms with van der Waals surface area (Å²) in [5.41, 5.74) is 5.60. The van der Waals surface area contributed by atoms with Crippen LogP contribution >= 0.6 is 23.5 Å². The van der Waals surface area contributed by atoms with E-state index in [4.69, 9.17) is 4.74 Å². The van der Waals surface area contributed by atoms with Crippen molar-refractivity contribution in [2.24, 2.45) is 0 Å². The zero-order chi connectivity index (χ0) is 26.0. The zero-order valence-corrected chi connectivity index (χ0v) is 22.3. The predicted octanol–water partition coefficient (Wildman–Crippen LogP) is 5.22. The average Bonchev–Trinajstić information content (AvgIpc) is 3.26. The van der Waals surface area contributed by atoms with Crippen molar-refractivity contribution in [3.63, 3.8) is 0 Å². The number of ether oxygens (including phenoxy) is 1. The Balaban J connectivity index is 1.29. The lowest BCUT2D eigenvalue weighted by molar-refractivity contribution is -0.124. The van der Waals surface area contributed by atoms with E-state index in [1.165, 1.54) is 0 Å². The highest BCUT2D eigenvalue weighted by molar-refractivity contribution is 8.13. The Labute approximate surface area is 225 Å². The Kier molecular flexibility index (Phi) is 9.68. The molecule has 1 atom stereocenters. The number of hydrogen-bond donors (Lipinski definition) is 2. The van der Waals surface area contributed by atoms with Crippen LogP contribution in [0.5, 0.6) is 0 Å². The first kappa shape index (κ1) is 26.8. The number of benzene rings is 3. The van der Waals surface area contributed by atoms with Crippen molar-refractivity contribution in [2.75, 3.05) is 25.2 Å². The van der Waals surface area contributed by atoms with Crippen LogP contribution in [0, 0.1) is 0 Å². The molecule has 1 aliphatic rings. The topological polar surface area (TPSA) is 84.5 Å². The number of nitrogens with one attached hydrogen (secondary N) is 2.